The van der Waals surface area contributed by atoms with Crippen molar-refractivity contribution in [3.8, 4) is 33.7 Å². The van der Waals surface area contributed by atoms with Crippen LogP contribution in [0.1, 0.15) is 0 Å². The maximum atomic E-state index is 6.38. The zero-order valence-electron chi connectivity index (χ0n) is 25.4. The molecule has 0 aliphatic carbocycles. The molecule has 0 aliphatic heterocycles. The van der Waals surface area contributed by atoms with Crippen LogP contribution in [0, 0.1) is 0 Å². The minimum atomic E-state index is 0.598. The molecule has 0 fully saturated rings. The van der Waals surface area contributed by atoms with E-state index in [1.807, 2.05) is 36.4 Å². The number of para-hydroxylation sites is 1. The van der Waals surface area contributed by atoms with Crippen LogP contribution in [0.4, 0.5) is 17.1 Å². The third kappa shape index (κ3) is 4.84. The van der Waals surface area contributed by atoms with E-state index >= 15 is 0 Å². The first kappa shape index (κ1) is 27.0. The fraction of sp³-hybridized carbons (Fsp3) is 0. The summed E-state index contributed by atoms with van der Waals surface area (Å²) in [5.74, 6) is 0.598. The first-order chi connectivity index (χ1) is 23.3. The number of benzene rings is 7. The Hall–Kier alpha value is -6.39. The Bertz CT molecular complexity index is 2500. The molecule has 4 heteroatoms. The van der Waals surface area contributed by atoms with Crippen molar-refractivity contribution in [1.29, 1.82) is 0 Å². The van der Waals surface area contributed by atoms with Crippen LogP contribution in [0.5, 0.6) is 0 Å². The molecule has 0 amide bonds. The van der Waals surface area contributed by atoms with Gasteiger partial charge in [-0.15, -0.1) is 0 Å². The fourth-order valence-corrected chi connectivity index (χ4v) is 6.42. The van der Waals surface area contributed by atoms with E-state index in [4.69, 9.17) is 13.8 Å². The van der Waals surface area contributed by atoms with E-state index in [2.05, 4.69) is 138 Å². The first-order valence-corrected chi connectivity index (χ1v) is 15.7. The number of aromatic nitrogens is 1. The predicted molar refractivity (Wildman–Crippen MR) is 192 cm³/mol. The molecule has 0 saturated carbocycles. The van der Waals surface area contributed by atoms with Crippen LogP contribution in [0.3, 0.4) is 0 Å². The molecule has 0 atom stereocenters. The normalized spacial score (nSPS) is 11.4. The predicted octanol–water partition coefficient (Wildman–Crippen LogP) is 12.2. The smallest absolute Gasteiger partial charge is 0.227 e. The first-order valence-electron chi connectivity index (χ1n) is 15.7. The highest BCUT2D eigenvalue weighted by molar-refractivity contribution is 6.10. The molecule has 47 heavy (non-hydrogen) atoms. The topological polar surface area (TPSA) is 42.4 Å². The van der Waals surface area contributed by atoms with Gasteiger partial charge < -0.3 is 13.7 Å². The number of rotatable bonds is 6. The average molecular weight is 605 g/mol. The highest BCUT2D eigenvalue weighted by atomic mass is 16.4. The molecule has 0 spiro atoms. The van der Waals surface area contributed by atoms with Gasteiger partial charge in [0.2, 0.25) is 5.89 Å². The molecule has 2 heterocycles. The number of oxazole rings is 1. The standard InChI is InChI=1S/C43H28N2O2/c1-5-13-29(14-6-1)32-21-23-39(35(25-32)30-15-7-2-8-16-30)45(33-19-11-4-12-20-33)34-22-24-40-36(26-34)37-27-42-38(28-41(37)46-40)44-43(47-42)31-17-9-3-10-18-31/h1-28H. The van der Waals surface area contributed by atoms with Gasteiger partial charge >= 0.3 is 0 Å². The molecule has 0 bridgehead atoms. The van der Waals surface area contributed by atoms with Gasteiger partial charge in [-0.05, 0) is 77.4 Å². The summed E-state index contributed by atoms with van der Waals surface area (Å²) in [7, 11) is 0. The lowest BCUT2D eigenvalue weighted by Gasteiger charge is -2.28. The lowest BCUT2D eigenvalue weighted by Crippen LogP contribution is -2.11. The van der Waals surface area contributed by atoms with Crippen LogP contribution in [0.25, 0.3) is 66.7 Å². The molecule has 4 nitrogen and oxygen atoms in total. The Morgan fingerprint density at radius 3 is 1.77 bits per heavy atom. The Balaban J connectivity index is 1.24. The van der Waals surface area contributed by atoms with Crippen molar-refractivity contribution in [1.82, 2.24) is 4.98 Å². The minimum absolute atomic E-state index is 0.598. The molecular weight excluding hydrogens is 576 g/mol. The molecule has 9 aromatic rings. The van der Waals surface area contributed by atoms with Crippen LogP contribution in [0.15, 0.2) is 179 Å². The number of anilines is 3. The number of fused-ring (bicyclic) bond motifs is 4. The zero-order valence-corrected chi connectivity index (χ0v) is 25.4. The summed E-state index contributed by atoms with van der Waals surface area (Å²) in [5, 5.41) is 2.00. The molecular formula is C43H28N2O2. The van der Waals surface area contributed by atoms with Gasteiger partial charge in [0, 0.05) is 39.3 Å². The van der Waals surface area contributed by atoms with Crippen LogP contribution >= 0.6 is 0 Å². The monoisotopic (exact) mass is 604 g/mol. The Morgan fingerprint density at radius 1 is 0.404 bits per heavy atom. The molecule has 9 rings (SSSR count). The van der Waals surface area contributed by atoms with Crippen molar-refractivity contribution in [2.45, 2.75) is 0 Å². The second-order valence-corrected chi connectivity index (χ2v) is 11.6. The summed E-state index contributed by atoms with van der Waals surface area (Å²) >= 11 is 0. The van der Waals surface area contributed by atoms with Crippen molar-refractivity contribution in [3.05, 3.63) is 170 Å². The zero-order chi connectivity index (χ0) is 31.2. The SMILES string of the molecule is c1ccc(-c2ccc(N(c3ccccc3)c3ccc4oc5cc6nc(-c7ccccc7)oc6cc5c4c3)c(-c3ccccc3)c2)cc1. The maximum absolute atomic E-state index is 6.38. The molecule has 0 radical (unpaired) electrons. The molecule has 0 N–H and O–H groups in total. The van der Waals surface area contributed by atoms with Crippen molar-refractivity contribution in [2.75, 3.05) is 4.90 Å². The van der Waals surface area contributed by atoms with Gasteiger partial charge in [-0.1, -0.05) is 103 Å². The van der Waals surface area contributed by atoms with Gasteiger partial charge in [-0.3, -0.25) is 0 Å². The van der Waals surface area contributed by atoms with E-state index in [9.17, 15) is 0 Å². The van der Waals surface area contributed by atoms with Crippen LogP contribution in [-0.4, -0.2) is 4.98 Å². The summed E-state index contributed by atoms with van der Waals surface area (Å²) in [6.45, 7) is 0. The third-order valence-corrected chi connectivity index (χ3v) is 8.69. The van der Waals surface area contributed by atoms with Crippen LogP contribution < -0.4 is 4.90 Å². The van der Waals surface area contributed by atoms with Gasteiger partial charge in [0.05, 0.1) is 5.69 Å². The Labute approximate surface area is 271 Å². The van der Waals surface area contributed by atoms with E-state index in [0.717, 1.165) is 66.8 Å². The molecule has 0 unspecified atom stereocenters. The Kier molecular flexibility index (Phi) is 6.43. The number of hydrogen-bond donors (Lipinski definition) is 0. The molecule has 7 aromatic carbocycles. The summed E-state index contributed by atoms with van der Waals surface area (Å²) in [6, 6.07) is 58.8. The maximum Gasteiger partial charge on any atom is 0.227 e. The van der Waals surface area contributed by atoms with Crippen molar-refractivity contribution in [2.24, 2.45) is 0 Å². The second-order valence-electron chi connectivity index (χ2n) is 11.6. The van der Waals surface area contributed by atoms with Gasteiger partial charge in [0.15, 0.2) is 5.58 Å². The van der Waals surface area contributed by atoms with Crippen molar-refractivity contribution >= 4 is 50.1 Å². The summed E-state index contributed by atoms with van der Waals surface area (Å²) in [5.41, 5.74) is 11.9. The quantitative estimate of drug-likeness (QED) is 0.189. The fourth-order valence-electron chi connectivity index (χ4n) is 6.42. The highest BCUT2D eigenvalue weighted by Crippen LogP contribution is 2.44. The second kappa shape index (κ2) is 11.2. The van der Waals surface area contributed by atoms with Crippen molar-refractivity contribution in [3.63, 3.8) is 0 Å². The summed E-state index contributed by atoms with van der Waals surface area (Å²) in [4.78, 5) is 7.09. The highest BCUT2D eigenvalue weighted by Gasteiger charge is 2.20. The third-order valence-electron chi connectivity index (χ3n) is 8.69. The largest absolute Gasteiger partial charge is 0.456 e. The Morgan fingerprint density at radius 2 is 1.04 bits per heavy atom. The number of furan rings is 1. The van der Waals surface area contributed by atoms with Gasteiger partial charge in [-0.2, -0.15) is 0 Å². The van der Waals surface area contributed by atoms with Crippen molar-refractivity contribution < 1.29 is 8.83 Å². The summed E-state index contributed by atoms with van der Waals surface area (Å²) < 4.78 is 12.6. The lowest BCUT2D eigenvalue weighted by atomic mass is 9.96. The molecule has 2 aromatic heterocycles. The van der Waals surface area contributed by atoms with E-state index < -0.39 is 0 Å². The lowest BCUT2D eigenvalue weighted by molar-refractivity contribution is 0.620. The average Bonchev–Trinajstić information content (AvgIpc) is 3.73. The summed E-state index contributed by atoms with van der Waals surface area (Å²) in [6.07, 6.45) is 0. The van der Waals surface area contributed by atoms with E-state index in [1.54, 1.807) is 0 Å². The van der Waals surface area contributed by atoms with Gasteiger partial charge in [0.1, 0.15) is 16.7 Å². The van der Waals surface area contributed by atoms with Crippen LogP contribution in [-0.2, 0) is 0 Å². The molecule has 222 valence electrons. The molecule has 0 aliphatic rings. The van der Waals surface area contributed by atoms with E-state index in [0.29, 0.717) is 5.89 Å². The minimum Gasteiger partial charge on any atom is -0.456 e. The number of nitrogens with zero attached hydrogens (tertiary/aromatic N) is 2. The van der Waals surface area contributed by atoms with E-state index in [1.165, 1.54) is 11.1 Å². The van der Waals surface area contributed by atoms with Crippen LogP contribution in [0.2, 0.25) is 0 Å². The van der Waals surface area contributed by atoms with Gasteiger partial charge in [0.25, 0.3) is 0 Å². The number of hydrogen-bond acceptors (Lipinski definition) is 4. The van der Waals surface area contributed by atoms with Gasteiger partial charge in [-0.25, -0.2) is 4.98 Å². The molecule has 0 saturated heterocycles. The van der Waals surface area contributed by atoms with E-state index in [-0.39, 0.29) is 0 Å².